The maximum absolute atomic E-state index is 12.9. The molecule has 3 aromatic carbocycles. The molecule has 3 fully saturated rings. The van der Waals surface area contributed by atoms with Gasteiger partial charge in [-0.1, -0.05) is 12.1 Å². The zero-order valence-corrected chi connectivity index (χ0v) is 35.1. The first-order chi connectivity index (χ1) is 31.9. The van der Waals surface area contributed by atoms with E-state index in [2.05, 4.69) is 0 Å². The largest absolute Gasteiger partial charge is 0.508 e. The van der Waals surface area contributed by atoms with E-state index in [4.69, 9.17) is 42.6 Å². The van der Waals surface area contributed by atoms with Crippen molar-refractivity contribution < 1.29 is 119 Å². The standard InChI is InChI=1S/C43H50O24/c1-59-25-8-16(2-5-21(25)48)3-7-30(50)60-15-29-33(53)36(56)40(67-42-38(58)35(55)32(52)28(14-45)65-42)43(66-29)63-26-12-19-23(61-39(26)17-4-6-20(47)22(49)9-17)10-18(46)11-24(19)62-41-37(57)34(54)31(51)27(13-44)64-41/h2-12,27-29,31-49,51-58H,13-15H2,1H3/b7-3+/t27-,28+,29-,31-,32-,33-,34+,35+,36-,37-,38-,39?,40-,41-,42+,43-/m1/s1. The highest BCUT2D eigenvalue weighted by atomic mass is 16.8. The number of hydrogen-bond acceptors (Lipinski definition) is 24. The van der Waals surface area contributed by atoms with Crippen LogP contribution in [0.5, 0.6) is 40.2 Å². The van der Waals surface area contributed by atoms with Crippen LogP contribution in [-0.4, -0.2) is 197 Å². The van der Waals surface area contributed by atoms with Gasteiger partial charge >= 0.3 is 5.97 Å². The Morgan fingerprint density at radius 1 is 0.642 bits per heavy atom. The van der Waals surface area contributed by atoms with E-state index in [0.29, 0.717) is 5.56 Å². The maximum atomic E-state index is 12.9. The van der Waals surface area contributed by atoms with Gasteiger partial charge in [-0.15, -0.1) is 0 Å². The number of carbonyl (C=O) groups is 1. The van der Waals surface area contributed by atoms with Crippen molar-refractivity contribution in [2.24, 2.45) is 0 Å². The minimum Gasteiger partial charge on any atom is -0.508 e. The molecule has 14 N–H and O–H groups in total. The quantitative estimate of drug-likeness (QED) is 0.0437. The molecule has 4 heterocycles. The highest BCUT2D eigenvalue weighted by Gasteiger charge is 2.53. The van der Waals surface area contributed by atoms with Gasteiger partial charge < -0.3 is 114 Å². The maximum Gasteiger partial charge on any atom is 0.330 e. The molecule has 24 heteroatoms. The van der Waals surface area contributed by atoms with Crippen LogP contribution in [0.1, 0.15) is 22.8 Å². The fraction of sp³-hybridized carbons (Fsp3) is 0.465. The molecule has 0 aliphatic carbocycles. The third-order valence-electron chi connectivity index (χ3n) is 11.3. The van der Waals surface area contributed by atoms with Crippen molar-refractivity contribution in [2.75, 3.05) is 26.9 Å². The summed E-state index contributed by atoms with van der Waals surface area (Å²) in [6, 6.07) is 9.92. The summed E-state index contributed by atoms with van der Waals surface area (Å²) < 4.78 is 51.9. The van der Waals surface area contributed by atoms with Crippen LogP contribution in [0.4, 0.5) is 0 Å². The predicted octanol–water partition coefficient (Wildman–Crippen LogP) is -2.92. The molecule has 3 aromatic rings. The van der Waals surface area contributed by atoms with Crippen LogP contribution in [0, 0.1) is 0 Å². The van der Waals surface area contributed by atoms with E-state index < -0.39 is 141 Å². The first-order valence-electron chi connectivity index (χ1n) is 20.5. The van der Waals surface area contributed by atoms with E-state index in [9.17, 15) is 76.3 Å². The molecule has 0 bridgehead atoms. The van der Waals surface area contributed by atoms with Crippen LogP contribution in [0.2, 0.25) is 0 Å². The topological polar surface area (TPSA) is 383 Å². The Bertz CT molecular complexity index is 2270. The normalized spacial score (nSPS) is 34.1. The molecule has 1 unspecified atom stereocenters. The third kappa shape index (κ3) is 10.5. The minimum atomic E-state index is -2.08. The van der Waals surface area contributed by atoms with Crippen molar-refractivity contribution in [2.45, 2.75) is 98.2 Å². The van der Waals surface area contributed by atoms with Crippen molar-refractivity contribution in [3.63, 3.8) is 0 Å². The zero-order valence-electron chi connectivity index (χ0n) is 35.1. The lowest BCUT2D eigenvalue weighted by molar-refractivity contribution is -0.364. The van der Waals surface area contributed by atoms with Crippen LogP contribution in [-0.2, 0) is 33.2 Å². The SMILES string of the molecule is COc1cc(/C=C/C(=O)OC[C@H]2O[C@@H](OC3=Cc4c(cc(O)cc4O[C@@H]4O[C@H](CO)[C@@H](O)[C@H](O)[C@H]4O)OC3c3ccc(O)c(O)c3)[C@H](O[C@@H]3O[C@@H](CO)[C@@H](O)[C@H](O)[C@H]3O)[C@H](O)[C@@H]2O)ccc1O. The number of fused-ring (bicyclic) bond motifs is 1. The van der Waals surface area contributed by atoms with Crippen molar-refractivity contribution in [1.29, 1.82) is 0 Å². The Morgan fingerprint density at radius 2 is 1.27 bits per heavy atom. The Hall–Kier alpha value is -5.55. The van der Waals surface area contributed by atoms with Gasteiger partial charge in [0.05, 0.1) is 25.9 Å². The van der Waals surface area contributed by atoms with Crippen LogP contribution in [0.3, 0.4) is 0 Å². The molecule has 3 saturated heterocycles. The minimum absolute atomic E-state index is 0.0678. The van der Waals surface area contributed by atoms with Crippen molar-refractivity contribution in [3.8, 4) is 40.2 Å². The molecule has 0 amide bonds. The van der Waals surface area contributed by atoms with Gasteiger partial charge in [-0.2, -0.15) is 0 Å². The Morgan fingerprint density at radius 3 is 1.93 bits per heavy atom. The van der Waals surface area contributed by atoms with Gasteiger partial charge in [0, 0.05) is 23.8 Å². The number of aliphatic hydroxyl groups is 10. The van der Waals surface area contributed by atoms with Gasteiger partial charge in [-0.05, 0) is 42.0 Å². The van der Waals surface area contributed by atoms with E-state index in [1.54, 1.807) is 0 Å². The van der Waals surface area contributed by atoms with Crippen molar-refractivity contribution in [3.05, 3.63) is 77.1 Å². The summed E-state index contributed by atoms with van der Waals surface area (Å²) in [6.45, 7) is -2.42. The predicted molar refractivity (Wildman–Crippen MR) is 219 cm³/mol. The van der Waals surface area contributed by atoms with Crippen LogP contribution >= 0.6 is 0 Å². The molecule has 16 atom stereocenters. The lowest BCUT2D eigenvalue weighted by atomic mass is 9.97. The highest BCUT2D eigenvalue weighted by molar-refractivity contribution is 5.87. The second kappa shape index (κ2) is 20.8. The van der Waals surface area contributed by atoms with Gasteiger partial charge in [0.2, 0.25) is 12.6 Å². The lowest BCUT2D eigenvalue weighted by Gasteiger charge is -2.46. The number of phenolic OH excluding ortho intramolecular Hbond substituents is 4. The first kappa shape index (κ1) is 49.4. The van der Waals surface area contributed by atoms with E-state index in [1.807, 2.05) is 0 Å². The first-order valence-corrected chi connectivity index (χ1v) is 20.5. The van der Waals surface area contributed by atoms with E-state index in [1.165, 1.54) is 43.5 Å². The number of hydrogen-bond donors (Lipinski definition) is 14. The molecule has 24 nitrogen and oxygen atoms in total. The van der Waals surface area contributed by atoms with Gasteiger partial charge in [-0.3, -0.25) is 0 Å². The smallest absolute Gasteiger partial charge is 0.330 e. The summed E-state index contributed by atoms with van der Waals surface area (Å²) in [5.74, 6) is -3.40. The zero-order chi connectivity index (χ0) is 48.4. The van der Waals surface area contributed by atoms with Gasteiger partial charge in [0.15, 0.2) is 41.5 Å². The summed E-state index contributed by atoms with van der Waals surface area (Å²) in [7, 11) is 1.33. The van der Waals surface area contributed by atoms with Crippen LogP contribution in [0.25, 0.3) is 12.2 Å². The Labute approximate surface area is 379 Å². The second-order valence-electron chi connectivity index (χ2n) is 15.8. The van der Waals surface area contributed by atoms with Crippen LogP contribution < -0.4 is 14.2 Å². The van der Waals surface area contributed by atoms with E-state index in [0.717, 1.165) is 30.3 Å². The lowest BCUT2D eigenvalue weighted by Crippen LogP contribution is -2.64. The molecule has 0 aromatic heterocycles. The molecule has 4 aliphatic rings. The Kier molecular flexibility index (Phi) is 15.3. The summed E-state index contributed by atoms with van der Waals surface area (Å²) in [6.07, 6.45) is -25.4. The molecular formula is C43H50O24. The molecular weight excluding hydrogens is 900 g/mol. The number of aromatic hydroxyl groups is 4. The van der Waals surface area contributed by atoms with Crippen molar-refractivity contribution in [1.82, 2.24) is 0 Å². The fourth-order valence-corrected chi connectivity index (χ4v) is 7.58. The number of phenols is 4. The van der Waals surface area contributed by atoms with Gasteiger partial charge in [-0.25, -0.2) is 4.79 Å². The van der Waals surface area contributed by atoms with Crippen LogP contribution in [0.15, 0.2) is 60.4 Å². The molecule has 0 spiro atoms. The molecule has 366 valence electrons. The molecule has 67 heavy (non-hydrogen) atoms. The van der Waals surface area contributed by atoms with Crippen molar-refractivity contribution >= 4 is 18.1 Å². The number of aliphatic hydroxyl groups excluding tert-OH is 10. The summed E-state index contributed by atoms with van der Waals surface area (Å²) in [5.41, 5.74) is 0.421. The van der Waals surface area contributed by atoms with Gasteiger partial charge in [0.25, 0.3) is 0 Å². The van der Waals surface area contributed by atoms with E-state index in [-0.39, 0.29) is 39.9 Å². The second-order valence-corrected chi connectivity index (χ2v) is 15.8. The fourth-order valence-electron chi connectivity index (χ4n) is 7.58. The number of carbonyl (C=O) groups excluding carboxylic acids is 1. The summed E-state index contributed by atoms with van der Waals surface area (Å²) in [5, 5.41) is 147. The van der Waals surface area contributed by atoms with E-state index >= 15 is 0 Å². The number of benzene rings is 3. The molecule has 0 saturated carbocycles. The third-order valence-corrected chi connectivity index (χ3v) is 11.3. The monoisotopic (exact) mass is 950 g/mol. The number of esters is 1. The average molecular weight is 951 g/mol. The number of ether oxygens (including phenoxy) is 9. The summed E-state index contributed by atoms with van der Waals surface area (Å²) in [4.78, 5) is 12.9. The average Bonchev–Trinajstić information content (AvgIpc) is 3.31. The molecule has 7 rings (SSSR count). The summed E-state index contributed by atoms with van der Waals surface area (Å²) >= 11 is 0. The molecule has 0 radical (unpaired) electrons. The molecule has 4 aliphatic heterocycles. The highest BCUT2D eigenvalue weighted by Crippen LogP contribution is 2.47. The van der Waals surface area contributed by atoms with Gasteiger partial charge in [0.1, 0.15) is 96.8 Å². The number of rotatable bonds is 14. The Balaban J connectivity index is 1.24. The number of methoxy groups -OCH3 is 1.